The van der Waals surface area contributed by atoms with E-state index in [1.54, 1.807) is 0 Å². The average molecular weight is 214 g/mol. The first-order valence-corrected chi connectivity index (χ1v) is 5.54. The maximum absolute atomic E-state index is 10.9. The van der Waals surface area contributed by atoms with Crippen LogP contribution < -0.4 is 11.5 Å². The fourth-order valence-electron chi connectivity index (χ4n) is 2.03. The lowest BCUT2D eigenvalue weighted by Crippen LogP contribution is -2.44. The highest BCUT2D eigenvalue weighted by Crippen LogP contribution is 2.08. The van der Waals surface area contributed by atoms with Crippen LogP contribution in [-0.2, 0) is 4.79 Å². The number of nitrogens with zero attached hydrogens (tertiary/aromatic N) is 2. The maximum atomic E-state index is 10.9. The molecule has 0 aromatic carbocycles. The lowest BCUT2D eigenvalue weighted by Gasteiger charge is -2.28. The molecule has 1 saturated heterocycles. The molecular weight excluding hydrogens is 192 g/mol. The summed E-state index contributed by atoms with van der Waals surface area (Å²) in [7, 11) is 2.12. The van der Waals surface area contributed by atoms with E-state index < -0.39 is 0 Å². The third kappa shape index (κ3) is 4.15. The first-order chi connectivity index (χ1) is 7.13. The maximum Gasteiger partial charge on any atom is 0.219 e. The van der Waals surface area contributed by atoms with Gasteiger partial charge in [-0.25, -0.2) is 0 Å². The second kappa shape index (κ2) is 6.05. The number of amides is 1. The summed E-state index contributed by atoms with van der Waals surface area (Å²) in [6, 6.07) is 0.119. The number of hydrogen-bond donors (Lipinski definition) is 2. The molecule has 0 saturated carbocycles. The minimum absolute atomic E-state index is 0.119. The van der Waals surface area contributed by atoms with Crippen LogP contribution in [0.25, 0.3) is 0 Å². The van der Waals surface area contributed by atoms with Gasteiger partial charge in [0.2, 0.25) is 5.91 Å². The molecule has 0 bridgehead atoms. The average Bonchev–Trinajstić information content (AvgIpc) is 2.39. The van der Waals surface area contributed by atoms with Gasteiger partial charge in [-0.05, 0) is 26.6 Å². The van der Waals surface area contributed by atoms with Crippen LogP contribution >= 0.6 is 0 Å². The van der Waals surface area contributed by atoms with E-state index in [9.17, 15) is 4.79 Å². The lowest BCUT2D eigenvalue weighted by atomic mass is 10.1. The monoisotopic (exact) mass is 214 g/mol. The van der Waals surface area contributed by atoms with Crippen molar-refractivity contribution in [2.45, 2.75) is 18.9 Å². The highest BCUT2D eigenvalue weighted by atomic mass is 16.1. The van der Waals surface area contributed by atoms with Crippen molar-refractivity contribution in [1.82, 2.24) is 9.80 Å². The Kier molecular flexibility index (Phi) is 5.01. The molecule has 0 spiro atoms. The summed E-state index contributed by atoms with van der Waals surface area (Å²) in [6.45, 7) is 4.65. The third-order valence-corrected chi connectivity index (χ3v) is 2.98. The van der Waals surface area contributed by atoms with E-state index in [-0.39, 0.29) is 11.9 Å². The molecule has 4 N–H and O–H groups in total. The quantitative estimate of drug-likeness (QED) is 0.618. The highest BCUT2D eigenvalue weighted by molar-refractivity contribution is 5.74. The predicted molar refractivity (Wildman–Crippen MR) is 60.3 cm³/mol. The van der Waals surface area contributed by atoms with Crippen LogP contribution in [0.3, 0.4) is 0 Å². The zero-order chi connectivity index (χ0) is 11.3. The number of hydrogen-bond acceptors (Lipinski definition) is 4. The van der Waals surface area contributed by atoms with Crippen molar-refractivity contribution in [2.24, 2.45) is 11.5 Å². The topological polar surface area (TPSA) is 75.6 Å². The number of likely N-dealkylation sites (N-methyl/N-ethyl adjacent to an activating group) is 1. The van der Waals surface area contributed by atoms with Crippen LogP contribution in [0.1, 0.15) is 12.8 Å². The summed E-state index contributed by atoms with van der Waals surface area (Å²) in [4.78, 5) is 15.5. The van der Waals surface area contributed by atoms with Gasteiger partial charge in [0.15, 0.2) is 0 Å². The number of carbonyl (C=O) groups excluding carboxylic acids is 1. The SMILES string of the molecule is CN1CCCN(C(CN)CC(N)=O)CC1. The first-order valence-electron chi connectivity index (χ1n) is 5.54. The molecule has 0 aromatic rings. The minimum Gasteiger partial charge on any atom is -0.370 e. The Balaban J connectivity index is 2.47. The normalized spacial score (nSPS) is 22.3. The van der Waals surface area contributed by atoms with Gasteiger partial charge >= 0.3 is 0 Å². The van der Waals surface area contributed by atoms with Gasteiger partial charge in [-0.1, -0.05) is 0 Å². The molecule has 5 nitrogen and oxygen atoms in total. The second-order valence-electron chi connectivity index (χ2n) is 4.25. The van der Waals surface area contributed by atoms with Crippen molar-refractivity contribution in [3.05, 3.63) is 0 Å². The van der Waals surface area contributed by atoms with Crippen LogP contribution in [-0.4, -0.2) is 61.5 Å². The minimum atomic E-state index is -0.261. The van der Waals surface area contributed by atoms with E-state index in [2.05, 4.69) is 16.8 Å². The van der Waals surface area contributed by atoms with Crippen molar-refractivity contribution in [1.29, 1.82) is 0 Å². The molecule has 1 heterocycles. The number of nitrogens with two attached hydrogens (primary N) is 2. The summed E-state index contributed by atoms with van der Waals surface area (Å²) in [6.07, 6.45) is 1.51. The van der Waals surface area contributed by atoms with Gasteiger partial charge in [0.1, 0.15) is 0 Å². The summed E-state index contributed by atoms with van der Waals surface area (Å²) >= 11 is 0. The zero-order valence-corrected chi connectivity index (χ0v) is 9.48. The number of rotatable bonds is 4. The molecule has 5 heteroatoms. The van der Waals surface area contributed by atoms with E-state index in [1.165, 1.54) is 0 Å². The number of carbonyl (C=O) groups is 1. The Bertz CT molecular complexity index is 210. The summed E-state index contributed by atoms with van der Waals surface area (Å²) in [5.41, 5.74) is 10.9. The Morgan fingerprint density at radius 1 is 1.33 bits per heavy atom. The molecule has 1 rings (SSSR count). The fourth-order valence-corrected chi connectivity index (χ4v) is 2.03. The molecule has 0 aromatic heterocycles. The first kappa shape index (κ1) is 12.4. The molecule has 15 heavy (non-hydrogen) atoms. The second-order valence-corrected chi connectivity index (χ2v) is 4.25. The smallest absolute Gasteiger partial charge is 0.219 e. The Labute approximate surface area is 91.4 Å². The molecule has 1 aliphatic rings. The van der Waals surface area contributed by atoms with Gasteiger partial charge in [0.05, 0.1) is 0 Å². The molecule has 1 amide bonds. The van der Waals surface area contributed by atoms with Crippen molar-refractivity contribution in [2.75, 3.05) is 39.8 Å². The number of primary amides is 1. The van der Waals surface area contributed by atoms with Crippen LogP contribution in [0, 0.1) is 0 Å². The van der Waals surface area contributed by atoms with Crippen molar-refractivity contribution in [3.8, 4) is 0 Å². The van der Waals surface area contributed by atoms with Gasteiger partial charge in [0.25, 0.3) is 0 Å². The van der Waals surface area contributed by atoms with E-state index in [0.29, 0.717) is 13.0 Å². The summed E-state index contributed by atoms with van der Waals surface area (Å²) in [5.74, 6) is -0.261. The van der Waals surface area contributed by atoms with E-state index >= 15 is 0 Å². The molecule has 1 unspecified atom stereocenters. The van der Waals surface area contributed by atoms with Gasteiger partial charge in [-0.15, -0.1) is 0 Å². The Morgan fingerprint density at radius 3 is 2.67 bits per heavy atom. The van der Waals surface area contributed by atoms with E-state index in [4.69, 9.17) is 11.5 Å². The van der Waals surface area contributed by atoms with Crippen molar-refractivity contribution < 1.29 is 4.79 Å². The molecule has 1 aliphatic heterocycles. The molecule has 1 fully saturated rings. The van der Waals surface area contributed by atoms with Gasteiger partial charge < -0.3 is 16.4 Å². The Morgan fingerprint density at radius 2 is 2.07 bits per heavy atom. The summed E-state index contributed by atoms with van der Waals surface area (Å²) < 4.78 is 0. The zero-order valence-electron chi connectivity index (χ0n) is 9.48. The largest absolute Gasteiger partial charge is 0.370 e. The van der Waals surface area contributed by atoms with E-state index in [1.807, 2.05) is 0 Å². The standard InChI is InChI=1S/C10H22N4O/c1-13-3-2-4-14(6-5-13)9(8-11)7-10(12)15/h9H,2-8,11H2,1H3,(H2,12,15). The highest BCUT2D eigenvalue weighted by Gasteiger charge is 2.21. The van der Waals surface area contributed by atoms with Crippen molar-refractivity contribution >= 4 is 5.91 Å². The van der Waals surface area contributed by atoms with Crippen LogP contribution in [0.5, 0.6) is 0 Å². The predicted octanol–water partition coefficient (Wildman–Crippen LogP) is -1.17. The van der Waals surface area contributed by atoms with Crippen LogP contribution in [0.2, 0.25) is 0 Å². The molecular formula is C10H22N4O. The van der Waals surface area contributed by atoms with Gasteiger partial charge in [-0.3, -0.25) is 9.69 Å². The lowest BCUT2D eigenvalue weighted by molar-refractivity contribution is -0.119. The van der Waals surface area contributed by atoms with Gasteiger partial charge in [-0.2, -0.15) is 0 Å². The van der Waals surface area contributed by atoms with E-state index in [0.717, 1.165) is 32.6 Å². The third-order valence-electron chi connectivity index (χ3n) is 2.98. The van der Waals surface area contributed by atoms with Crippen molar-refractivity contribution in [3.63, 3.8) is 0 Å². The summed E-state index contributed by atoms with van der Waals surface area (Å²) in [5, 5.41) is 0. The van der Waals surface area contributed by atoms with Gasteiger partial charge in [0, 0.05) is 32.1 Å². The molecule has 1 atom stereocenters. The van der Waals surface area contributed by atoms with Crippen LogP contribution in [0.15, 0.2) is 0 Å². The molecule has 0 aliphatic carbocycles. The fraction of sp³-hybridized carbons (Fsp3) is 0.900. The Hall–Kier alpha value is -0.650. The van der Waals surface area contributed by atoms with Crippen LogP contribution in [0.4, 0.5) is 0 Å². The molecule has 0 radical (unpaired) electrons. The molecule has 88 valence electrons.